The predicted molar refractivity (Wildman–Crippen MR) is 103 cm³/mol. The molecule has 3 amide bonds. The molecule has 1 atom stereocenters. The standard InChI is InChI=1S/C19H18N2O5S/c1-11-3-8-15(22)14(9-11)20-17(23)10-16-18(24)21(19(25)27-16)12-4-6-13(26-2)7-5-12/h3-9,16,22H,10H2,1-2H3,(H,20,23). The third-order valence-electron chi connectivity index (χ3n) is 4.05. The van der Waals surface area contributed by atoms with Crippen LogP contribution in [0.5, 0.6) is 11.5 Å². The number of amides is 3. The lowest BCUT2D eigenvalue weighted by atomic mass is 10.2. The number of ether oxygens (including phenoxy) is 1. The first-order valence-electron chi connectivity index (χ1n) is 8.17. The van der Waals surface area contributed by atoms with E-state index in [0.29, 0.717) is 11.4 Å². The van der Waals surface area contributed by atoms with Crippen LogP contribution in [0.25, 0.3) is 0 Å². The number of hydrogen-bond acceptors (Lipinski definition) is 6. The van der Waals surface area contributed by atoms with Crippen molar-refractivity contribution >= 4 is 40.2 Å². The van der Waals surface area contributed by atoms with E-state index in [0.717, 1.165) is 22.2 Å². The SMILES string of the molecule is COc1ccc(N2C(=O)SC(CC(=O)Nc3cc(C)ccc3O)C2=O)cc1. The first-order valence-corrected chi connectivity index (χ1v) is 9.05. The molecule has 2 aromatic rings. The van der Waals surface area contributed by atoms with Gasteiger partial charge < -0.3 is 15.2 Å². The third kappa shape index (κ3) is 4.06. The molecular weight excluding hydrogens is 368 g/mol. The molecule has 8 heteroatoms. The molecule has 140 valence electrons. The molecule has 2 N–H and O–H groups in total. The van der Waals surface area contributed by atoms with Gasteiger partial charge >= 0.3 is 0 Å². The Morgan fingerprint density at radius 2 is 1.93 bits per heavy atom. The Labute approximate surface area is 160 Å². The number of aromatic hydroxyl groups is 1. The molecule has 27 heavy (non-hydrogen) atoms. The molecule has 1 aliphatic rings. The zero-order valence-corrected chi connectivity index (χ0v) is 15.6. The van der Waals surface area contributed by atoms with Crippen LogP contribution >= 0.6 is 11.8 Å². The van der Waals surface area contributed by atoms with E-state index in [4.69, 9.17) is 4.74 Å². The van der Waals surface area contributed by atoms with Crippen LogP contribution in [0.2, 0.25) is 0 Å². The highest BCUT2D eigenvalue weighted by atomic mass is 32.2. The minimum atomic E-state index is -0.813. The summed E-state index contributed by atoms with van der Waals surface area (Å²) in [6.07, 6.45) is -0.171. The number of imide groups is 1. The second kappa shape index (κ2) is 7.71. The van der Waals surface area contributed by atoms with Crippen molar-refractivity contribution in [1.82, 2.24) is 0 Å². The molecule has 3 rings (SSSR count). The molecule has 0 spiro atoms. The fourth-order valence-electron chi connectivity index (χ4n) is 2.67. The summed E-state index contributed by atoms with van der Waals surface area (Å²) >= 11 is 0.816. The van der Waals surface area contributed by atoms with Gasteiger partial charge in [0.2, 0.25) is 11.8 Å². The van der Waals surface area contributed by atoms with Crippen LogP contribution in [0.15, 0.2) is 42.5 Å². The number of rotatable bonds is 5. The van der Waals surface area contributed by atoms with Crippen LogP contribution in [0.4, 0.5) is 16.2 Å². The minimum absolute atomic E-state index is 0.0599. The van der Waals surface area contributed by atoms with E-state index in [1.165, 1.54) is 13.2 Å². The Hall–Kier alpha value is -3.00. The number of carbonyl (C=O) groups excluding carboxylic acids is 3. The molecule has 0 saturated carbocycles. The molecule has 1 aliphatic heterocycles. The Balaban J connectivity index is 1.69. The van der Waals surface area contributed by atoms with E-state index in [9.17, 15) is 19.5 Å². The van der Waals surface area contributed by atoms with Gasteiger partial charge in [0.25, 0.3) is 5.24 Å². The van der Waals surface area contributed by atoms with E-state index in [2.05, 4.69) is 5.32 Å². The van der Waals surface area contributed by atoms with Gasteiger partial charge in [-0.15, -0.1) is 0 Å². The van der Waals surface area contributed by atoms with Crippen molar-refractivity contribution in [1.29, 1.82) is 0 Å². The van der Waals surface area contributed by atoms with Crippen LogP contribution in [0.1, 0.15) is 12.0 Å². The van der Waals surface area contributed by atoms with Crippen molar-refractivity contribution in [2.24, 2.45) is 0 Å². The number of benzene rings is 2. The lowest BCUT2D eigenvalue weighted by molar-refractivity contribution is -0.121. The van der Waals surface area contributed by atoms with Crippen LogP contribution in [-0.4, -0.2) is 34.5 Å². The van der Waals surface area contributed by atoms with E-state index in [1.54, 1.807) is 36.4 Å². The molecule has 0 bridgehead atoms. The third-order valence-corrected chi connectivity index (χ3v) is 5.09. The highest BCUT2D eigenvalue weighted by Crippen LogP contribution is 2.34. The number of aryl methyl sites for hydroxylation is 1. The van der Waals surface area contributed by atoms with Gasteiger partial charge in [0.15, 0.2) is 0 Å². The maximum Gasteiger partial charge on any atom is 0.293 e. The predicted octanol–water partition coefficient (Wildman–Crippen LogP) is 3.31. The first-order chi connectivity index (χ1) is 12.9. The highest BCUT2D eigenvalue weighted by Gasteiger charge is 2.41. The van der Waals surface area contributed by atoms with Gasteiger partial charge in [-0.2, -0.15) is 0 Å². The van der Waals surface area contributed by atoms with Crippen LogP contribution in [0, 0.1) is 6.92 Å². The minimum Gasteiger partial charge on any atom is -0.506 e. The Morgan fingerprint density at radius 1 is 1.22 bits per heavy atom. The second-order valence-corrected chi connectivity index (χ2v) is 7.17. The van der Waals surface area contributed by atoms with Crippen molar-refractivity contribution in [2.75, 3.05) is 17.3 Å². The number of methoxy groups -OCH3 is 1. The van der Waals surface area contributed by atoms with Crippen molar-refractivity contribution in [3.8, 4) is 11.5 Å². The summed E-state index contributed by atoms with van der Waals surface area (Å²) in [6, 6.07) is 11.4. The smallest absolute Gasteiger partial charge is 0.293 e. The average molecular weight is 386 g/mol. The van der Waals surface area contributed by atoms with Crippen LogP contribution in [-0.2, 0) is 9.59 Å². The summed E-state index contributed by atoms with van der Waals surface area (Å²) in [7, 11) is 1.53. The number of phenols is 1. The normalized spacial score (nSPS) is 16.5. The van der Waals surface area contributed by atoms with E-state index in [1.807, 2.05) is 6.92 Å². The second-order valence-electron chi connectivity index (χ2n) is 6.02. The van der Waals surface area contributed by atoms with Crippen LogP contribution in [0.3, 0.4) is 0 Å². The zero-order chi connectivity index (χ0) is 19.6. The van der Waals surface area contributed by atoms with Crippen LogP contribution < -0.4 is 15.0 Å². The van der Waals surface area contributed by atoms with Crippen molar-refractivity contribution in [3.05, 3.63) is 48.0 Å². The summed E-state index contributed by atoms with van der Waals surface area (Å²) in [5.74, 6) is -0.348. The fourth-order valence-corrected chi connectivity index (χ4v) is 3.66. The summed E-state index contributed by atoms with van der Waals surface area (Å²) in [5.41, 5.74) is 1.57. The number of hydrogen-bond donors (Lipinski definition) is 2. The topological polar surface area (TPSA) is 95.9 Å². The first kappa shape index (κ1) is 18.8. The fraction of sp³-hybridized carbons (Fsp3) is 0.211. The van der Waals surface area contributed by atoms with Gasteiger partial charge in [0.1, 0.15) is 16.7 Å². The van der Waals surface area contributed by atoms with Crippen molar-refractivity contribution in [2.45, 2.75) is 18.6 Å². The lowest BCUT2D eigenvalue weighted by Crippen LogP contribution is -2.32. The Bertz CT molecular complexity index is 897. The van der Waals surface area contributed by atoms with Gasteiger partial charge in [-0.25, -0.2) is 4.90 Å². The van der Waals surface area contributed by atoms with Crippen molar-refractivity contribution < 1.29 is 24.2 Å². The number of anilines is 2. The Kier molecular flexibility index (Phi) is 5.36. The number of phenolic OH excluding ortho intramolecular Hbond substituents is 1. The molecule has 0 radical (unpaired) electrons. The molecule has 1 saturated heterocycles. The molecule has 7 nitrogen and oxygen atoms in total. The molecule has 1 heterocycles. The average Bonchev–Trinajstić information content (AvgIpc) is 2.91. The number of thioether (sulfide) groups is 1. The number of nitrogens with zero attached hydrogens (tertiary/aromatic N) is 1. The van der Waals surface area contributed by atoms with Gasteiger partial charge in [0.05, 0.1) is 18.5 Å². The van der Waals surface area contributed by atoms with Crippen molar-refractivity contribution in [3.63, 3.8) is 0 Å². The lowest BCUT2D eigenvalue weighted by Gasteiger charge is -2.14. The maximum absolute atomic E-state index is 12.6. The maximum atomic E-state index is 12.6. The summed E-state index contributed by atoms with van der Waals surface area (Å²) in [5, 5.41) is 11.2. The molecule has 0 aromatic heterocycles. The summed E-state index contributed by atoms with van der Waals surface area (Å²) in [6.45, 7) is 1.83. The monoisotopic (exact) mass is 386 g/mol. The van der Waals surface area contributed by atoms with Gasteiger partial charge in [0, 0.05) is 6.42 Å². The van der Waals surface area contributed by atoms with Gasteiger partial charge in [-0.1, -0.05) is 6.07 Å². The quantitative estimate of drug-likeness (QED) is 0.766. The molecule has 2 aromatic carbocycles. The van der Waals surface area contributed by atoms with E-state index < -0.39 is 22.3 Å². The molecule has 1 unspecified atom stereocenters. The van der Waals surface area contributed by atoms with Gasteiger partial charge in [-0.3, -0.25) is 14.4 Å². The zero-order valence-electron chi connectivity index (χ0n) is 14.8. The summed E-state index contributed by atoms with van der Waals surface area (Å²) < 4.78 is 5.07. The Morgan fingerprint density at radius 3 is 2.59 bits per heavy atom. The van der Waals surface area contributed by atoms with E-state index >= 15 is 0 Å². The number of nitrogens with one attached hydrogen (secondary N) is 1. The van der Waals surface area contributed by atoms with Gasteiger partial charge in [-0.05, 0) is 60.6 Å². The largest absolute Gasteiger partial charge is 0.506 e. The molecule has 0 aliphatic carbocycles. The molecule has 1 fully saturated rings. The highest BCUT2D eigenvalue weighted by molar-refractivity contribution is 8.15. The number of carbonyl (C=O) groups is 3. The molecular formula is C19H18N2O5S. The van der Waals surface area contributed by atoms with E-state index in [-0.39, 0.29) is 17.9 Å². The summed E-state index contributed by atoms with van der Waals surface area (Å²) in [4.78, 5) is 38.2.